The van der Waals surface area contributed by atoms with Crippen molar-refractivity contribution in [1.29, 1.82) is 0 Å². The average Bonchev–Trinajstić information content (AvgIpc) is 2.92. The van der Waals surface area contributed by atoms with Crippen molar-refractivity contribution in [1.82, 2.24) is 5.32 Å². The van der Waals surface area contributed by atoms with Crippen molar-refractivity contribution in [2.24, 2.45) is 0 Å². The van der Waals surface area contributed by atoms with Crippen LogP contribution < -0.4 is 10.1 Å². The molecule has 1 aliphatic rings. The molecule has 1 N–H and O–H groups in total. The lowest BCUT2D eigenvalue weighted by atomic mass is 10.2. The number of thioether (sulfide) groups is 1. The van der Waals surface area contributed by atoms with Gasteiger partial charge >= 0.3 is 0 Å². The monoisotopic (exact) mass is 281 g/mol. The number of para-hydroxylation sites is 1. The molecule has 0 amide bonds. The highest BCUT2D eigenvalue weighted by Gasteiger charge is 2.15. The molecule has 0 aromatic heterocycles. The molecule has 3 nitrogen and oxygen atoms in total. The maximum atomic E-state index is 5.98. The van der Waals surface area contributed by atoms with E-state index in [0.29, 0.717) is 6.10 Å². The normalized spacial score (nSPS) is 20.4. The number of nitrogens with one attached hydrogen (secondary N) is 1. The van der Waals surface area contributed by atoms with Crippen LogP contribution in [0, 0.1) is 0 Å². The van der Waals surface area contributed by atoms with Gasteiger partial charge in [-0.05, 0) is 38.2 Å². The molecule has 1 aromatic carbocycles. The Morgan fingerprint density at radius 1 is 1.47 bits per heavy atom. The van der Waals surface area contributed by atoms with Gasteiger partial charge in [0.1, 0.15) is 11.9 Å². The molecule has 2 unspecified atom stereocenters. The molecule has 2 rings (SSSR count). The van der Waals surface area contributed by atoms with Crippen LogP contribution in [-0.2, 0) is 4.74 Å². The summed E-state index contributed by atoms with van der Waals surface area (Å²) in [5, 5.41) is 3.43. The van der Waals surface area contributed by atoms with E-state index in [1.807, 2.05) is 18.2 Å². The van der Waals surface area contributed by atoms with Crippen LogP contribution >= 0.6 is 11.8 Å². The van der Waals surface area contributed by atoms with Crippen molar-refractivity contribution in [3.8, 4) is 5.75 Å². The van der Waals surface area contributed by atoms with Gasteiger partial charge < -0.3 is 14.8 Å². The maximum Gasteiger partial charge on any atom is 0.133 e. The van der Waals surface area contributed by atoms with Crippen molar-refractivity contribution in [3.63, 3.8) is 0 Å². The van der Waals surface area contributed by atoms with Gasteiger partial charge in [-0.2, -0.15) is 0 Å². The first kappa shape index (κ1) is 14.7. The van der Waals surface area contributed by atoms with Crippen LogP contribution in [0.2, 0.25) is 0 Å². The summed E-state index contributed by atoms with van der Waals surface area (Å²) in [5.74, 6) is 0.974. The van der Waals surface area contributed by atoms with Gasteiger partial charge in [0, 0.05) is 24.6 Å². The van der Waals surface area contributed by atoms with Crippen molar-refractivity contribution in [3.05, 3.63) is 24.3 Å². The van der Waals surface area contributed by atoms with Crippen LogP contribution in [0.4, 0.5) is 0 Å². The van der Waals surface area contributed by atoms with E-state index >= 15 is 0 Å². The summed E-state index contributed by atoms with van der Waals surface area (Å²) in [6.07, 6.45) is 5.00. The van der Waals surface area contributed by atoms with Crippen molar-refractivity contribution >= 4 is 11.8 Å². The fraction of sp³-hybridized carbons (Fsp3) is 0.600. The lowest BCUT2D eigenvalue weighted by molar-refractivity contribution is 0.106. The molecule has 0 radical (unpaired) electrons. The minimum Gasteiger partial charge on any atom is -0.488 e. The molecule has 0 aliphatic carbocycles. The van der Waals surface area contributed by atoms with Gasteiger partial charge in [-0.25, -0.2) is 0 Å². The van der Waals surface area contributed by atoms with E-state index in [1.165, 1.54) is 17.7 Å². The van der Waals surface area contributed by atoms with Crippen molar-refractivity contribution in [2.75, 3.05) is 26.0 Å². The third-order valence-electron chi connectivity index (χ3n) is 3.23. The standard InChI is InChI=1S/C15H23NO2S/c1-12(10-16-11-13-6-5-9-17-13)18-14-7-3-4-8-15(14)19-2/h3-4,7-8,12-13,16H,5-6,9-11H2,1-2H3. The zero-order valence-electron chi connectivity index (χ0n) is 11.7. The fourth-order valence-electron chi connectivity index (χ4n) is 2.23. The number of hydrogen-bond donors (Lipinski definition) is 1. The summed E-state index contributed by atoms with van der Waals surface area (Å²) in [7, 11) is 0. The highest BCUT2D eigenvalue weighted by atomic mass is 32.2. The molecule has 0 spiro atoms. The van der Waals surface area contributed by atoms with E-state index in [1.54, 1.807) is 11.8 Å². The van der Waals surface area contributed by atoms with E-state index in [2.05, 4.69) is 24.6 Å². The van der Waals surface area contributed by atoms with Gasteiger partial charge in [0.2, 0.25) is 0 Å². The van der Waals surface area contributed by atoms with Crippen LogP contribution in [0.15, 0.2) is 29.2 Å². The summed E-state index contributed by atoms with van der Waals surface area (Å²) >= 11 is 1.72. The van der Waals surface area contributed by atoms with Crippen molar-refractivity contribution in [2.45, 2.75) is 36.9 Å². The van der Waals surface area contributed by atoms with Gasteiger partial charge in [-0.15, -0.1) is 11.8 Å². The van der Waals surface area contributed by atoms with Crippen LogP contribution in [0.3, 0.4) is 0 Å². The van der Waals surface area contributed by atoms with E-state index < -0.39 is 0 Å². The van der Waals surface area contributed by atoms with Gasteiger partial charge in [-0.3, -0.25) is 0 Å². The smallest absolute Gasteiger partial charge is 0.133 e. The van der Waals surface area contributed by atoms with Gasteiger partial charge in [-0.1, -0.05) is 12.1 Å². The van der Waals surface area contributed by atoms with E-state index in [9.17, 15) is 0 Å². The zero-order valence-corrected chi connectivity index (χ0v) is 12.5. The summed E-state index contributed by atoms with van der Waals surface area (Å²) < 4.78 is 11.6. The second kappa shape index (κ2) is 7.78. The number of benzene rings is 1. The SMILES string of the molecule is CSc1ccccc1OC(C)CNCC1CCCO1. The molecule has 1 fully saturated rings. The number of ether oxygens (including phenoxy) is 2. The second-order valence-corrected chi connectivity index (χ2v) is 5.72. The molecule has 1 saturated heterocycles. The lowest BCUT2D eigenvalue weighted by Crippen LogP contribution is -2.34. The molecule has 0 bridgehead atoms. The minimum absolute atomic E-state index is 0.162. The number of hydrogen-bond acceptors (Lipinski definition) is 4. The first-order valence-electron chi connectivity index (χ1n) is 6.91. The molecule has 1 aliphatic heterocycles. The summed E-state index contributed by atoms with van der Waals surface area (Å²) in [4.78, 5) is 1.19. The molecule has 1 aromatic rings. The van der Waals surface area contributed by atoms with Gasteiger partial charge in [0.05, 0.1) is 6.10 Å². The lowest BCUT2D eigenvalue weighted by Gasteiger charge is -2.18. The maximum absolute atomic E-state index is 5.98. The molecule has 1 heterocycles. The predicted molar refractivity (Wildman–Crippen MR) is 80.2 cm³/mol. The quantitative estimate of drug-likeness (QED) is 0.778. The predicted octanol–water partition coefficient (Wildman–Crippen LogP) is 2.94. The van der Waals surface area contributed by atoms with E-state index in [0.717, 1.165) is 25.4 Å². The Hall–Kier alpha value is -0.710. The summed E-state index contributed by atoms with van der Waals surface area (Å²) in [6.45, 7) is 4.79. The number of rotatable bonds is 7. The van der Waals surface area contributed by atoms with Crippen LogP contribution in [0.5, 0.6) is 5.75 Å². The Balaban J connectivity index is 1.72. The van der Waals surface area contributed by atoms with Gasteiger partial charge in [0.25, 0.3) is 0 Å². The molecular formula is C15H23NO2S. The van der Waals surface area contributed by atoms with E-state index in [4.69, 9.17) is 9.47 Å². The third-order valence-corrected chi connectivity index (χ3v) is 4.00. The Labute approximate surface area is 120 Å². The molecule has 2 atom stereocenters. The van der Waals surface area contributed by atoms with E-state index in [-0.39, 0.29) is 6.10 Å². The topological polar surface area (TPSA) is 30.5 Å². The Bertz CT molecular complexity index is 380. The highest BCUT2D eigenvalue weighted by Crippen LogP contribution is 2.27. The molecule has 4 heteroatoms. The second-order valence-electron chi connectivity index (χ2n) is 4.87. The van der Waals surface area contributed by atoms with Crippen molar-refractivity contribution < 1.29 is 9.47 Å². The Morgan fingerprint density at radius 3 is 3.05 bits per heavy atom. The Kier molecular flexibility index (Phi) is 6.01. The first-order chi connectivity index (χ1) is 9.29. The molecule has 106 valence electrons. The van der Waals surface area contributed by atoms with Crippen LogP contribution in [0.1, 0.15) is 19.8 Å². The van der Waals surface area contributed by atoms with Crippen LogP contribution in [-0.4, -0.2) is 38.2 Å². The molecular weight excluding hydrogens is 258 g/mol. The molecule has 0 saturated carbocycles. The largest absolute Gasteiger partial charge is 0.488 e. The fourth-order valence-corrected chi connectivity index (χ4v) is 2.76. The third kappa shape index (κ3) is 4.71. The Morgan fingerprint density at radius 2 is 2.32 bits per heavy atom. The van der Waals surface area contributed by atoms with Gasteiger partial charge in [0.15, 0.2) is 0 Å². The average molecular weight is 281 g/mol. The minimum atomic E-state index is 0.162. The van der Waals surface area contributed by atoms with Crippen LogP contribution in [0.25, 0.3) is 0 Å². The molecule has 19 heavy (non-hydrogen) atoms. The first-order valence-corrected chi connectivity index (χ1v) is 8.14. The highest BCUT2D eigenvalue weighted by molar-refractivity contribution is 7.98. The summed E-state index contributed by atoms with van der Waals surface area (Å²) in [6, 6.07) is 8.18. The zero-order chi connectivity index (χ0) is 13.5. The summed E-state index contributed by atoms with van der Waals surface area (Å²) in [5.41, 5.74) is 0.